The van der Waals surface area contributed by atoms with Crippen molar-refractivity contribution in [2.75, 3.05) is 24.6 Å². The van der Waals surface area contributed by atoms with E-state index in [0.717, 1.165) is 18.2 Å². The minimum atomic E-state index is -1.23. The molecular weight excluding hydrogens is 562 g/mol. The molecule has 216 valence electrons. The third kappa shape index (κ3) is 4.72. The molecule has 7 rings (SSSR count). The number of benzene rings is 2. The van der Waals surface area contributed by atoms with Crippen molar-refractivity contribution in [3.8, 4) is 17.3 Å². The van der Waals surface area contributed by atoms with Gasteiger partial charge in [-0.05, 0) is 37.1 Å². The molecule has 2 bridgehead atoms. The fourth-order valence-electron chi connectivity index (χ4n) is 6.51. The molecule has 2 aliphatic rings. The zero-order valence-corrected chi connectivity index (χ0v) is 23.7. The fraction of sp³-hybridized carbons (Fsp3) is 0.355. The van der Waals surface area contributed by atoms with Crippen molar-refractivity contribution in [3.63, 3.8) is 0 Å². The Morgan fingerprint density at radius 1 is 1.12 bits per heavy atom. The summed E-state index contributed by atoms with van der Waals surface area (Å²) in [6.07, 6.45) is 4.95. The Balaban J connectivity index is 1.31. The second-order valence-corrected chi connectivity index (χ2v) is 11.6. The molecule has 11 heteroatoms. The molecule has 1 aliphatic heterocycles. The summed E-state index contributed by atoms with van der Waals surface area (Å²) in [5.74, 6) is 0.669. The van der Waals surface area contributed by atoms with E-state index in [0.29, 0.717) is 58.6 Å². The number of pyridine rings is 1. The molecule has 1 aliphatic carbocycles. The minimum Gasteiger partial charge on any atom is -0.461 e. The highest BCUT2D eigenvalue weighted by molar-refractivity contribution is 6.36. The third-order valence-corrected chi connectivity index (χ3v) is 8.72. The molecule has 0 spiro atoms. The van der Waals surface area contributed by atoms with Crippen molar-refractivity contribution >= 4 is 39.1 Å². The number of anilines is 1. The molecule has 0 amide bonds. The molecule has 3 aromatic heterocycles. The maximum absolute atomic E-state index is 16.5. The van der Waals surface area contributed by atoms with Gasteiger partial charge in [-0.1, -0.05) is 41.9 Å². The number of ether oxygens (including phenoxy) is 1. The summed E-state index contributed by atoms with van der Waals surface area (Å²) in [7, 11) is 0. The average molecular weight is 591 g/mol. The van der Waals surface area contributed by atoms with Crippen LogP contribution in [-0.4, -0.2) is 55.4 Å². The van der Waals surface area contributed by atoms with Gasteiger partial charge in [-0.2, -0.15) is 9.97 Å². The zero-order valence-electron chi connectivity index (χ0n) is 22.9. The third-order valence-electron chi connectivity index (χ3n) is 8.41. The lowest BCUT2D eigenvalue weighted by atomic mass is 9.98. The average Bonchev–Trinajstić information content (AvgIpc) is 3.56. The fourth-order valence-corrected chi connectivity index (χ4v) is 6.79. The number of alkyl halides is 1. The van der Waals surface area contributed by atoms with Crippen LogP contribution >= 0.6 is 11.6 Å². The lowest BCUT2D eigenvalue weighted by Crippen LogP contribution is -2.38. The number of halogens is 3. The first-order chi connectivity index (χ1) is 20.4. The van der Waals surface area contributed by atoms with Gasteiger partial charge in [0.15, 0.2) is 12.0 Å². The van der Waals surface area contributed by atoms with Crippen LogP contribution in [0.3, 0.4) is 0 Å². The molecule has 1 saturated heterocycles. The molecule has 1 unspecified atom stereocenters. The van der Waals surface area contributed by atoms with Gasteiger partial charge >= 0.3 is 6.01 Å². The predicted molar refractivity (Wildman–Crippen MR) is 157 cm³/mol. The van der Waals surface area contributed by atoms with Crippen LogP contribution in [-0.2, 0) is 6.54 Å². The van der Waals surface area contributed by atoms with Gasteiger partial charge in [0.2, 0.25) is 0 Å². The number of aliphatic hydroxyl groups excluding tert-OH is 1. The van der Waals surface area contributed by atoms with Crippen molar-refractivity contribution in [2.45, 2.75) is 38.6 Å². The van der Waals surface area contributed by atoms with Crippen molar-refractivity contribution in [1.82, 2.24) is 24.5 Å². The van der Waals surface area contributed by atoms with Gasteiger partial charge in [0.05, 0.1) is 18.0 Å². The summed E-state index contributed by atoms with van der Waals surface area (Å²) < 4.78 is 38.0. The zero-order chi connectivity index (χ0) is 29.0. The van der Waals surface area contributed by atoms with E-state index in [9.17, 15) is 9.50 Å². The van der Waals surface area contributed by atoms with Crippen LogP contribution in [0.25, 0.3) is 32.9 Å². The molecular formula is C31H29ClF2N6O2. The van der Waals surface area contributed by atoms with Crippen LogP contribution in [0.5, 0.6) is 6.01 Å². The number of hydrogen-bond donors (Lipinski definition) is 1. The minimum absolute atomic E-state index is 0.0120. The van der Waals surface area contributed by atoms with E-state index in [1.54, 1.807) is 35.3 Å². The van der Waals surface area contributed by atoms with Gasteiger partial charge in [0.25, 0.3) is 0 Å². The standard InChI is InChI=1S/C31H29ClF2N6O2/c1-17(33)29-35-8-9-39(29)10-11-42-31-37-28-22(30(38-31)40-15-18-12-20(16-40)24(41)13-18)14-36-27(26(28)34)21-6-2-4-19-5-3-7-23(32)25(19)21/h2-9,14,17-18,20,24,41H,10-13,15-16H2,1H3/t17?,18-,20-,24-/m1/s1. The molecule has 5 aromatic rings. The maximum Gasteiger partial charge on any atom is 0.319 e. The van der Waals surface area contributed by atoms with Crippen molar-refractivity contribution < 1.29 is 18.6 Å². The normalized spacial score (nSPS) is 20.9. The first-order valence-corrected chi connectivity index (χ1v) is 14.5. The van der Waals surface area contributed by atoms with Gasteiger partial charge in [-0.3, -0.25) is 4.98 Å². The van der Waals surface area contributed by atoms with E-state index in [4.69, 9.17) is 21.3 Å². The van der Waals surface area contributed by atoms with E-state index < -0.39 is 12.0 Å². The van der Waals surface area contributed by atoms with Crippen LogP contribution in [0.2, 0.25) is 5.02 Å². The molecule has 4 atom stereocenters. The summed E-state index contributed by atoms with van der Waals surface area (Å²) in [5.41, 5.74) is 0.779. The molecule has 2 fully saturated rings. The number of piperidine rings is 1. The van der Waals surface area contributed by atoms with Crippen molar-refractivity contribution in [2.24, 2.45) is 11.8 Å². The molecule has 4 heterocycles. The first kappa shape index (κ1) is 27.0. The quantitative estimate of drug-likeness (QED) is 0.243. The lowest BCUT2D eigenvalue weighted by Gasteiger charge is -2.33. The summed E-state index contributed by atoms with van der Waals surface area (Å²) in [6.45, 7) is 3.16. The largest absolute Gasteiger partial charge is 0.461 e. The second kappa shape index (κ2) is 10.7. The number of rotatable bonds is 7. The highest BCUT2D eigenvalue weighted by atomic mass is 35.5. The summed E-state index contributed by atoms with van der Waals surface area (Å²) in [4.78, 5) is 19.9. The highest BCUT2D eigenvalue weighted by Crippen LogP contribution is 2.41. The van der Waals surface area contributed by atoms with Gasteiger partial charge in [0.1, 0.15) is 29.5 Å². The number of aliphatic hydroxyl groups is 1. The molecule has 1 N–H and O–H groups in total. The topological polar surface area (TPSA) is 89.2 Å². The number of aromatic nitrogens is 5. The second-order valence-electron chi connectivity index (χ2n) is 11.2. The summed E-state index contributed by atoms with van der Waals surface area (Å²) in [6, 6.07) is 11.1. The number of fused-ring (bicyclic) bond motifs is 4. The Morgan fingerprint density at radius 3 is 2.76 bits per heavy atom. The van der Waals surface area contributed by atoms with E-state index in [1.165, 1.54) is 6.92 Å². The van der Waals surface area contributed by atoms with Gasteiger partial charge in [-0.15, -0.1) is 0 Å². The van der Waals surface area contributed by atoms with Crippen molar-refractivity contribution in [3.05, 3.63) is 71.7 Å². The van der Waals surface area contributed by atoms with E-state index in [1.807, 2.05) is 24.3 Å². The van der Waals surface area contributed by atoms with E-state index in [-0.39, 0.29) is 35.8 Å². The van der Waals surface area contributed by atoms with Crippen LogP contribution in [0.15, 0.2) is 55.0 Å². The Hall–Kier alpha value is -3.89. The SMILES string of the molecule is CC(F)c1nccn1CCOc1nc(N2C[C@@H]3C[C@H](C2)[C@H](O)C3)c2cnc(-c3cccc4cccc(Cl)c34)c(F)c2n1. The lowest BCUT2D eigenvalue weighted by molar-refractivity contribution is 0.137. The Kier molecular flexibility index (Phi) is 6.90. The maximum atomic E-state index is 16.5. The highest BCUT2D eigenvalue weighted by Gasteiger charge is 2.40. The van der Waals surface area contributed by atoms with Crippen LogP contribution < -0.4 is 9.64 Å². The number of hydrogen-bond acceptors (Lipinski definition) is 7. The van der Waals surface area contributed by atoms with E-state index >= 15 is 4.39 Å². The van der Waals surface area contributed by atoms with Gasteiger partial charge < -0.3 is 19.3 Å². The molecule has 42 heavy (non-hydrogen) atoms. The monoisotopic (exact) mass is 590 g/mol. The number of imidazole rings is 1. The predicted octanol–water partition coefficient (Wildman–Crippen LogP) is 6.15. The molecule has 8 nitrogen and oxygen atoms in total. The Labute approximate surface area is 246 Å². The smallest absolute Gasteiger partial charge is 0.319 e. The van der Waals surface area contributed by atoms with Crippen LogP contribution in [0.1, 0.15) is 31.8 Å². The molecule has 1 saturated carbocycles. The van der Waals surface area contributed by atoms with E-state index in [2.05, 4.69) is 19.9 Å². The van der Waals surface area contributed by atoms with Gasteiger partial charge in [-0.25, -0.2) is 13.8 Å². The van der Waals surface area contributed by atoms with Crippen LogP contribution in [0, 0.1) is 17.7 Å². The number of nitrogens with zero attached hydrogens (tertiary/aromatic N) is 6. The Morgan fingerprint density at radius 2 is 1.95 bits per heavy atom. The Bertz CT molecular complexity index is 1790. The van der Waals surface area contributed by atoms with Gasteiger partial charge in [0, 0.05) is 53.6 Å². The van der Waals surface area contributed by atoms with Crippen LogP contribution in [0.4, 0.5) is 14.6 Å². The summed E-state index contributed by atoms with van der Waals surface area (Å²) >= 11 is 6.56. The van der Waals surface area contributed by atoms with Crippen molar-refractivity contribution in [1.29, 1.82) is 0 Å². The molecule has 0 radical (unpaired) electrons. The first-order valence-electron chi connectivity index (χ1n) is 14.1. The summed E-state index contributed by atoms with van der Waals surface area (Å²) in [5, 5.41) is 13.1. The molecule has 2 aromatic carbocycles.